The number of benzene rings is 2. The van der Waals surface area contributed by atoms with Crippen LogP contribution < -0.4 is 19.9 Å². The maximum atomic E-state index is 5.52. The molecule has 26 heavy (non-hydrogen) atoms. The van der Waals surface area contributed by atoms with Gasteiger partial charge in [-0.1, -0.05) is 52.0 Å². The highest BCUT2D eigenvalue weighted by Crippen LogP contribution is 2.14. The molecule has 0 saturated carbocycles. The zero-order chi connectivity index (χ0) is 18.1. The van der Waals surface area contributed by atoms with Gasteiger partial charge in [0.05, 0.1) is 0 Å². The monoisotopic (exact) mass is 375 g/mol. The Hall–Kier alpha value is -1.69. The first-order valence-electron chi connectivity index (χ1n) is 8.82. The standard InChI is InChI=1S/C20H28BN2O2.ClH/c1-15(2)22-13-17-5-9-19(10-6-17)24-21-25-20-11-7-18(8-12-20)14-23-16(3)4;/h5-12,15-16,22-23H,13-14H2,1-4H3;1H. The molecule has 2 aromatic rings. The zero-order valence-electron chi connectivity index (χ0n) is 16.0. The van der Waals surface area contributed by atoms with Crippen LogP contribution in [0.4, 0.5) is 0 Å². The Kier molecular flexibility index (Phi) is 10.2. The minimum atomic E-state index is 0. The van der Waals surface area contributed by atoms with E-state index in [1.54, 1.807) is 0 Å². The second-order valence-electron chi connectivity index (χ2n) is 6.69. The maximum Gasteiger partial charge on any atom is 0.658 e. The van der Waals surface area contributed by atoms with Crippen LogP contribution in [0.3, 0.4) is 0 Å². The molecule has 2 N–H and O–H groups in total. The van der Waals surface area contributed by atoms with Gasteiger partial charge < -0.3 is 19.9 Å². The zero-order valence-corrected chi connectivity index (χ0v) is 16.8. The van der Waals surface area contributed by atoms with Crippen molar-refractivity contribution in [1.82, 2.24) is 10.6 Å². The van der Waals surface area contributed by atoms with Gasteiger partial charge in [-0.25, -0.2) is 0 Å². The van der Waals surface area contributed by atoms with Crippen molar-refractivity contribution in [3.8, 4) is 11.5 Å². The van der Waals surface area contributed by atoms with E-state index in [2.05, 4.69) is 62.6 Å². The van der Waals surface area contributed by atoms with E-state index in [1.807, 2.05) is 24.3 Å². The van der Waals surface area contributed by atoms with Crippen molar-refractivity contribution in [2.45, 2.75) is 52.9 Å². The van der Waals surface area contributed by atoms with Gasteiger partial charge in [0.25, 0.3) is 0 Å². The lowest BCUT2D eigenvalue weighted by Gasteiger charge is -2.10. The van der Waals surface area contributed by atoms with Crippen LogP contribution in [-0.2, 0) is 13.1 Å². The average molecular weight is 376 g/mol. The Bertz CT molecular complexity index is 563. The van der Waals surface area contributed by atoms with Gasteiger partial charge >= 0.3 is 7.69 Å². The Morgan fingerprint density at radius 1 is 0.692 bits per heavy atom. The molecule has 6 heteroatoms. The third kappa shape index (κ3) is 8.61. The summed E-state index contributed by atoms with van der Waals surface area (Å²) in [5.41, 5.74) is 2.46. The molecule has 0 aliphatic carbocycles. The van der Waals surface area contributed by atoms with Crippen molar-refractivity contribution in [1.29, 1.82) is 0 Å². The van der Waals surface area contributed by atoms with Crippen LogP contribution in [0.2, 0.25) is 0 Å². The fourth-order valence-corrected chi connectivity index (χ4v) is 2.15. The Labute approximate surface area is 164 Å². The summed E-state index contributed by atoms with van der Waals surface area (Å²) in [6, 6.07) is 16.9. The molecule has 0 atom stereocenters. The van der Waals surface area contributed by atoms with Crippen molar-refractivity contribution in [2.24, 2.45) is 0 Å². The van der Waals surface area contributed by atoms with E-state index in [1.165, 1.54) is 18.8 Å². The quantitative estimate of drug-likeness (QED) is 0.614. The molecule has 0 amide bonds. The fraction of sp³-hybridized carbons (Fsp3) is 0.400. The summed E-state index contributed by atoms with van der Waals surface area (Å²) >= 11 is 0. The van der Waals surface area contributed by atoms with Gasteiger partial charge in [0.2, 0.25) is 0 Å². The van der Waals surface area contributed by atoms with Gasteiger partial charge in [-0.05, 0) is 35.4 Å². The summed E-state index contributed by atoms with van der Waals surface area (Å²) in [6.45, 7) is 10.3. The minimum Gasteiger partial charge on any atom is -0.526 e. The normalized spacial score (nSPS) is 10.5. The molecular formula is C20H29BClN2O2. The topological polar surface area (TPSA) is 42.5 Å². The predicted octanol–water partition coefficient (Wildman–Crippen LogP) is 4.10. The van der Waals surface area contributed by atoms with Gasteiger partial charge in [0.1, 0.15) is 11.5 Å². The molecule has 4 nitrogen and oxygen atoms in total. The summed E-state index contributed by atoms with van der Waals surface area (Å²) < 4.78 is 11.0. The molecular weight excluding hydrogens is 346 g/mol. The Morgan fingerprint density at radius 3 is 1.35 bits per heavy atom. The van der Waals surface area contributed by atoms with Gasteiger partial charge in [-0.3, -0.25) is 0 Å². The molecule has 2 rings (SSSR count). The minimum absolute atomic E-state index is 0. The molecule has 0 bridgehead atoms. The van der Waals surface area contributed by atoms with E-state index in [4.69, 9.17) is 9.31 Å². The summed E-state index contributed by atoms with van der Waals surface area (Å²) in [5.74, 6) is 1.51. The molecule has 0 aliphatic rings. The maximum absolute atomic E-state index is 5.52. The molecule has 0 fully saturated rings. The SMILES string of the molecule is CC(C)NCc1ccc(O[B]Oc2ccc(CNC(C)C)cc2)cc1.Cl. The van der Waals surface area contributed by atoms with Crippen LogP contribution >= 0.6 is 12.4 Å². The van der Waals surface area contributed by atoms with Gasteiger partial charge in [-0.2, -0.15) is 0 Å². The fourth-order valence-electron chi connectivity index (χ4n) is 2.15. The van der Waals surface area contributed by atoms with Crippen LogP contribution in [-0.4, -0.2) is 19.8 Å². The van der Waals surface area contributed by atoms with Gasteiger partial charge in [0, 0.05) is 25.2 Å². The van der Waals surface area contributed by atoms with E-state index in [0.29, 0.717) is 12.1 Å². The van der Waals surface area contributed by atoms with Crippen molar-refractivity contribution < 1.29 is 9.31 Å². The third-order valence-electron chi connectivity index (χ3n) is 3.64. The molecule has 0 heterocycles. The number of nitrogens with one attached hydrogen (secondary N) is 2. The molecule has 1 radical (unpaired) electrons. The lowest BCUT2D eigenvalue weighted by molar-refractivity contribution is 0.458. The molecule has 0 unspecified atom stereocenters. The van der Waals surface area contributed by atoms with Crippen molar-refractivity contribution in [2.75, 3.05) is 0 Å². The summed E-state index contributed by atoms with van der Waals surface area (Å²) in [4.78, 5) is 0. The molecule has 2 aromatic carbocycles. The second-order valence-corrected chi connectivity index (χ2v) is 6.69. The number of hydrogen-bond donors (Lipinski definition) is 2. The lowest BCUT2D eigenvalue weighted by Crippen LogP contribution is -2.21. The lowest BCUT2D eigenvalue weighted by atomic mass is 10.2. The molecule has 0 spiro atoms. The number of halogens is 1. The molecule has 0 aromatic heterocycles. The first-order chi connectivity index (χ1) is 12.0. The van der Waals surface area contributed by atoms with Crippen molar-refractivity contribution >= 4 is 20.1 Å². The molecule has 0 saturated heterocycles. The number of rotatable bonds is 10. The van der Waals surface area contributed by atoms with E-state index < -0.39 is 0 Å². The highest BCUT2D eigenvalue weighted by molar-refractivity contribution is 6.20. The largest absolute Gasteiger partial charge is 0.658 e. The van der Waals surface area contributed by atoms with Crippen LogP contribution in [0.5, 0.6) is 11.5 Å². The predicted molar refractivity (Wildman–Crippen MR) is 111 cm³/mol. The van der Waals surface area contributed by atoms with Crippen LogP contribution in [0, 0.1) is 0 Å². The second kappa shape index (κ2) is 11.8. The van der Waals surface area contributed by atoms with Crippen molar-refractivity contribution in [3.05, 3.63) is 59.7 Å². The first kappa shape index (κ1) is 22.4. The third-order valence-corrected chi connectivity index (χ3v) is 3.64. The van der Waals surface area contributed by atoms with Gasteiger partial charge in [0.15, 0.2) is 0 Å². The van der Waals surface area contributed by atoms with Crippen LogP contribution in [0.25, 0.3) is 0 Å². The van der Waals surface area contributed by atoms with Crippen LogP contribution in [0.15, 0.2) is 48.5 Å². The van der Waals surface area contributed by atoms with Crippen molar-refractivity contribution in [3.63, 3.8) is 0 Å². The van der Waals surface area contributed by atoms with E-state index in [-0.39, 0.29) is 12.4 Å². The van der Waals surface area contributed by atoms with E-state index in [9.17, 15) is 0 Å². The highest BCUT2D eigenvalue weighted by Gasteiger charge is 2.03. The number of hydrogen-bond acceptors (Lipinski definition) is 4. The summed E-state index contributed by atoms with van der Waals surface area (Å²) in [6.07, 6.45) is 0. The van der Waals surface area contributed by atoms with Gasteiger partial charge in [-0.15, -0.1) is 12.4 Å². The highest BCUT2D eigenvalue weighted by atomic mass is 35.5. The summed E-state index contributed by atoms with van der Waals surface area (Å²) in [5, 5.41) is 6.78. The van der Waals surface area contributed by atoms with E-state index >= 15 is 0 Å². The average Bonchev–Trinajstić information content (AvgIpc) is 2.60. The summed E-state index contributed by atoms with van der Waals surface area (Å²) in [7, 11) is 1.36. The van der Waals surface area contributed by atoms with E-state index in [0.717, 1.165) is 24.6 Å². The smallest absolute Gasteiger partial charge is 0.526 e. The molecule has 141 valence electrons. The Morgan fingerprint density at radius 2 is 1.04 bits per heavy atom. The van der Waals surface area contributed by atoms with Crippen LogP contribution in [0.1, 0.15) is 38.8 Å². The first-order valence-corrected chi connectivity index (χ1v) is 8.82. The Balaban J connectivity index is 0.00000338. The molecule has 0 aliphatic heterocycles.